The molecule has 0 bridgehead atoms. The highest BCUT2D eigenvalue weighted by Gasteiger charge is 2.26. The number of para-hydroxylation sites is 9. The summed E-state index contributed by atoms with van der Waals surface area (Å²) in [5, 5.41) is 12.0. The maximum absolute atomic E-state index is 9.77. The van der Waals surface area contributed by atoms with E-state index in [0.29, 0.717) is 35.6 Å². The third-order valence-electron chi connectivity index (χ3n) is 21.0. The summed E-state index contributed by atoms with van der Waals surface area (Å²) in [5.74, 6) is 1.50. The van der Waals surface area contributed by atoms with Crippen LogP contribution in [0.2, 0.25) is 0 Å². The summed E-state index contributed by atoms with van der Waals surface area (Å²) >= 11 is 0. The van der Waals surface area contributed by atoms with Gasteiger partial charge in [-0.2, -0.15) is 0 Å². The number of hydrogen-bond donors (Lipinski definition) is 0. The summed E-state index contributed by atoms with van der Waals surface area (Å²) in [4.78, 5) is 16.3. The quantitative estimate of drug-likeness (QED) is 0.145. The monoisotopic (exact) mass is 1300 g/mol. The Morgan fingerprint density at radius 2 is 0.353 bits per heavy atom. The highest BCUT2D eigenvalue weighted by molar-refractivity contribution is 6.27. The maximum atomic E-state index is 9.77. The lowest BCUT2D eigenvalue weighted by Crippen LogP contribution is -2.02. The second-order valence-electron chi connectivity index (χ2n) is 26.4. The van der Waals surface area contributed by atoms with Gasteiger partial charge in [-0.05, 0) is 146 Å². The van der Waals surface area contributed by atoms with Gasteiger partial charge in [0.15, 0.2) is 17.5 Å². The van der Waals surface area contributed by atoms with Crippen molar-refractivity contribution in [3.63, 3.8) is 0 Å². The molecule has 0 aliphatic heterocycles. The molecule has 0 N–H and O–H groups in total. The van der Waals surface area contributed by atoms with Crippen molar-refractivity contribution < 1.29 is 4.11 Å². The van der Waals surface area contributed by atoms with Crippen LogP contribution in [-0.2, 0) is 0 Å². The molecule has 0 saturated carbocycles. The standard InChI is InChI=1S/C93H57N9/c1-4-22-61(23-5-1)97-79-34-16-10-28-67(79)73-52-55-76-70-31-13-19-37-82(70)100(88(76)85(73)97)64-46-40-58(41-47-64)91-94-92(59-42-48-65(49-43-59)101-83-38-20-14-32-71(83)77-56-53-74-68-29-11-17-35-80(68)98(86(74)89(77)101)62-24-6-2-7-25-62)96-93(95-91)60-44-50-66(51-45-60)102-84-39-21-15-33-72(84)78-57-54-75-69-30-12-18-36-81(69)99(87(75)90(78)102)63-26-8-3-9-27-63/h1-57H/i55D,56D,57D. The van der Waals surface area contributed by atoms with Crippen molar-refractivity contribution in [2.45, 2.75) is 0 Å². The molecule has 0 atom stereocenters. The Morgan fingerprint density at radius 3 is 0.588 bits per heavy atom. The predicted octanol–water partition coefficient (Wildman–Crippen LogP) is 23.5. The lowest BCUT2D eigenvalue weighted by molar-refractivity contribution is 1.07. The molecule has 0 radical (unpaired) electrons. The Morgan fingerprint density at radius 1 is 0.167 bits per heavy atom. The van der Waals surface area contributed by atoms with E-state index in [-0.39, 0.29) is 0 Å². The second kappa shape index (κ2) is 21.8. The number of rotatable bonds is 9. The van der Waals surface area contributed by atoms with E-state index < -0.39 is 0 Å². The van der Waals surface area contributed by atoms with Gasteiger partial charge in [0.05, 0.1) is 70.3 Å². The Bertz CT molecular complexity index is 6680. The van der Waals surface area contributed by atoms with Crippen LogP contribution in [0.1, 0.15) is 4.11 Å². The van der Waals surface area contributed by atoms with E-state index in [9.17, 15) is 4.11 Å². The van der Waals surface area contributed by atoms with Crippen LogP contribution in [0.5, 0.6) is 0 Å². The molecule has 9 nitrogen and oxygen atoms in total. The molecular formula is C93H57N9. The third-order valence-corrected chi connectivity index (χ3v) is 21.0. The fourth-order valence-electron chi connectivity index (χ4n) is 16.6. The predicted molar refractivity (Wildman–Crippen MR) is 422 cm³/mol. The molecule has 7 aromatic heterocycles. The zero-order chi connectivity index (χ0) is 69.3. The number of benzene rings is 15. The molecule has 0 spiro atoms. The normalized spacial score (nSPS) is 12.5. The van der Waals surface area contributed by atoms with Crippen LogP contribution in [0.15, 0.2) is 346 Å². The van der Waals surface area contributed by atoms with E-state index in [2.05, 4.69) is 337 Å². The molecule has 474 valence electrons. The summed E-state index contributed by atoms with van der Waals surface area (Å²) in [6.07, 6.45) is 0. The minimum Gasteiger partial charge on any atom is -0.307 e. The van der Waals surface area contributed by atoms with E-state index in [0.717, 1.165) is 182 Å². The van der Waals surface area contributed by atoms with E-state index in [1.165, 1.54) is 0 Å². The minimum atomic E-state index is 0.467. The van der Waals surface area contributed by atoms with E-state index >= 15 is 0 Å². The molecule has 22 aromatic rings. The first kappa shape index (κ1) is 53.2. The average molecular weight is 1300 g/mol. The van der Waals surface area contributed by atoms with Crippen LogP contribution in [0.25, 0.3) is 199 Å². The minimum absolute atomic E-state index is 0.467. The summed E-state index contributed by atoms with van der Waals surface area (Å²) in [6.45, 7) is 0. The molecule has 7 heterocycles. The van der Waals surface area contributed by atoms with Crippen molar-refractivity contribution in [1.29, 1.82) is 0 Å². The van der Waals surface area contributed by atoms with Gasteiger partial charge >= 0.3 is 0 Å². The Labute approximate surface area is 588 Å². The van der Waals surface area contributed by atoms with E-state index in [4.69, 9.17) is 15.0 Å². The zero-order valence-electron chi connectivity index (χ0n) is 57.7. The van der Waals surface area contributed by atoms with Crippen LogP contribution in [0.4, 0.5) is 0 Å². The topological polar surface area (TPSA) is 68.2 Å². The first-order valence-electron chi connectivity index (χ1n) is 36.0. The second-order valence-corrected chi connectivity index (χ2v) is 26.4. The van der Waals surface area contributed by atoms with Gasteiger partial charge in [0.1, 0.15) is 0 Å². The summed E-state index contributed by atoms with van der Waals surface area (Å²) in [6, 6.07) is 115. The number of fused-ring (bicyclic) bond motifs is 21. The van der Waals surface area contributed by atoms with Crippen LogP contribution >= 0.6 is 0 Å². The van der Waals surface area contributed by atoms with Crippen LogP contribution < -0.4 is 0 Å². The van der Waals surface area contributed by atoms with Crippen molar-refractivity contribution in [1.82, 2.24) is 42.4 Å². The van der Waals surface area contributed by atoms with Crippen LogP contribution in [-0.4, -0.2) is 42.4 Å². The number of aromatic nitrogens is 9. The summed E-state index contributed by atoms with van der Waals surface area (Å²) < 4.78 is 43.3. The lowest BCUT2D eigenvalue weighted by Gasteiger charge is -2.14. The smallest absolute Gasteiger partial charge is 0.164 e. The van der Waals surface area contributed by atoms with E-state index in [1.54, 1.807) is 0 Å². The first-order chi connectivity index (χ1) is 51.9. The fraction of sp³-hybridized carbons (Fsp3) is 0. The largest absolute Gasteiger partial charge is 0.307 e. The maximum Gasteiger partial charge on any atom is 0.164 e. The SMILES string of the molecule is [2H]c1cc2c3ccccc3n(-c3ccccc3)c2c2c1c1ccccc1n2-c1ccc(-c2nc(-c3ccc(-n4c5ccccc5c5c([2H])cc6c7ccccc7n(-c7ccccc7)c6c54)cc3)nc(-c3ccc(-n4c5ccccc5c5c([2H])cc6c7ccccc7n(-c7ccccc7)c6c54)cc3)n2)cc1. The molecule has 0 amide bonds. The van der Waals surface area contributed by atoms with Crippen molar-refractivity contribution in [2.24, 2.45) is 0 Å². The zero-order valence-corrected chi connectivity index (χ0v) is 54.7. The van der Waals surface area contributed by atoms with Gasteiger partial charge in [-0.15, -0.1) is 0 Å². The molecule has 15 aromatic carbocycles. The molecule has 0 unspecified atom stereocenters. The molecule has 0 aliphatic rings. The Kier molecular flexibility index (Phi) is 11.4. The molecule has 0 saturated heterocycles. The van der Waals surface area contributed by atoms with Crippen molar-refractivity contribution in [3.8, 4) is 68.3 Å². The average Bonchev–Trinajstić information content (AvgIpc) is 1.55. The lowest BCUT2D eigenvalue weighted by atomic mass is 10.1. The number of nitrogens with zero attached hydrogens (tertiary/aromatic N) is 9. The summed E-state index contributed by atoms with van der Waals surface area (Å²) in [7, 11) is 0. The highest BCUT2D eigenvalue weighted by Crippen LogP contribution is 2.46. The first-order valence-corrected chi connectivity index (χ1v) is 34.5. The van der Waals surface area contributed by atoms with Crippen molar-refractivity contribution in [2.75, 3.05) is 0 Å². The molecule has 102 heavy (non-hydrogen) atoms. The van der Waals surface area contributed by atoms with Gasteiger partial charge in [0.2, 0.25) is 0 Å². The van der Waals surface area contributed by atoms with E-state index in [1.807, 2.05) is 18.2 Å². The molecule has 9 heteroatoms. The van der Waals surface area contributed by atoms with Crippen molar-refractivity contribution >= 4 is 131 Å². The van der Waals surface area contributed by atoms with Gasteiger partial charge < -0.3 is 27.4 Å². The third kappa shape index (κ3) is 8.12. The van der Waals surface area contributed by atoms with Gasteiger partial charge in [0, 0.05) is 115 Å². The Balaban J connectivity index is 0.737. The van der Waals surface area contributed by atoms with Crippen LogP contribution in [0.3, 0.4) is 0 Å². The highest BCUT2D eigenvalue weighted by atomic mass is 15.1. The summed E-state index contributed by atoms with van der Waals surface area (Å²) in [5.41, 5.74) is 20.5. The molecule has 22 rings (SSSR count). The van der Waals surface area contributed by atoms with Crippen molar-refractivity contribution in [3.05, 3.63) is 346 Å². The Hall–Kier alpha value is -13.9. The molecule has 0 fully saturated rings. The molecule has 0 aliphatic carbocycles. The van der Waals surface area contributed by atoms with Gasteiger partial charge in [-0.25, -0.2) is 15.0 Å². The molecular weight excluding hydrogens is 1240 g/mol. The van der Waals surface area contributed by atoms with Gasteiger partial charge in [-0.3, -0.25) is 0 Å². The van der Waals surface area contributed by atoms with Gasteiger partial charge in [0.25, 0.3) is 0 Å². The van der Waals surface area contributed by atoms with Crippen LogP contribution in [0, 0.1) is 0 Å². The van der Waals surface area contributed by atoms with Gasteiger partial charge in [-0.1, -0.05) is 200 Å². The fourth-order valence-corrected chi connectivity index (χ4v) is 16.6. The number of hydrogen-bond acceptors (Lipinski definition) is 3.